The van der Waals surface area contributed by atoms with Crippen molar-refractivity contribution in [2.75, 3.05) is 5.32 Å². The molecule has 0 spiro atoms. The Hall–Kier alpha value is -2.75. The van der Waals surface area contributed by atoms with Crippen LogP contribution in [0.15, 0.2) is 55.0 Å². The van der Waals surface area contributed by atoms with Gasteiger partial charge >= 0.3 is 0 Å². The first-order valence-electron chi connectivity index (χ1n) is 7.56. The van der Waals surface area contributed by atoms with Crippen LogP contribution in [0.3, 0.4) is 0 Å². The molecule has 4 heteroatoms. The van der Waals surface area contributed by atoms with Gasteiger partial charge in [-0.1, -0.05) is 32.9 Å². The van der Waals surface area contributed by atoms with Gasteiger partial charge in [0.15, 0.2) is 0 Å². The molecule has 116 valence electrons. The van der Waals surface area contributed by atoms with Gasteiger partial charge in [-0.05, 0) is 24.3 Å². The molecule has 0 aliphatic rings. The third-order valence-corrected chi connectivity index (χ3v) is 3.72. The van der Waals surface area contributed by atoms with Gasteiger partial charge in [0.05, 0.1) is 5.56 Å². The van der Waals surface area contributed by atoms with E-state index in [1.165, 1.54) is 0 Å². The Morgan fingerprint density at radius 2 is 1.87 bits per heavy atom. The molecule has 1 aromatic carbocycles. The quantitative estimate of drug-likeness (QED) is 0.772. The third-order valence-electron chi connectivity index (χ3n) is 3.72. The van der Waals surface area contributed by atoms with Gasteiger partial charge in [-0.25, -0.2) is 0 Å². The highest BCUT2D eigenvalue weighted by Crippen LogP contribution is 2.23. The molecule has 1 amide bonds. The molecule has 0 atom stereocenters. The van der Waals surface area contributed by atoms with E-state index in [1.54, 1.807) is 18.6 Å². The maximum atomic E-state index is 12.5. The molecule has 0 fully saturated rings. The molecule has 23 heavy (non-hydrogen) atoms. The molecule has 0 unspecified atom stereocenters. The molecule has 3 rings (SSSR count). The summed E-state index contributed by atoms with van der Waals surface area (Å²) in [4.78, 5) is 21.0. The maximum absolute atomic E-state index is 12.5. The van der Waals surface area contributed by atoms with Crippen LogP contribution in [0.5, 0.6) is 0 Å². The fraction of sp³-hybridized carbons (Fsp3) is 0.211. The van der Waals surface area contributed by atoms with Crippen LogP contribution >= 0.6 is 0 Å². The van der Waals surface area contributed by atoms with E-state index in [2.05, 4.69) is 36.1 Å². The van der Waals surface area contributed by atoms with Crippen LogP contribution in [-0.2, 0) is 5.41 Å². The highest BCUT2D eigenvalue weighted by Gasteiger charge is 2.16. The van der Waals surface area contributed by atoms with Gasteiger partial charge < -0.3 is 5.32 Å². The molecular formula is C19H19N3O. The second-order valence-electron chi connectivity index (χ2n) is 6.54. The lowest BCUT2D eigenvalue weighted by molar-refractivity contribution is 0.102. The summed E-state index contributed by atoms with van der Waals surface area (Å²) < 4.78 is 0. The smallest absolute Gasteiger partial charge is 0.257 e. The van der Waals surface area contributed by atoms with Crippen LogP contribution in [0, 0.1) is 0 Å². The number of benzene rings is 1. The van der Waals surface area contributed by atoms with E-state index in [1.807, 2.05) is 36.4 Å². The molecule has 2 aromatic heterocycles. The third kappa shape index (κ3) is 3.21. The molecule has 0 saturated heterocycles. The van der Waals surface area contributed by atoms with Gasteiger partial charge in [-0.3, -0.25) is 14.8 Å². The summed E-state index contributed by atoms with van der Waals surface area (Å²) in [5.41, 5.74) is 2.25. The predicted octanol–water partition coefficient (Wildman–Crippen LogP) is 4.18. The summed E-state index contributed by atoms with van der Waals surface area (Å²) >= 11 is 0. The monoisotopic (exact) mass is 305 g/mol. The van der Waals surface area contributed by atoms with E-state index in [9.17, 15) is 4.79 Å². The first-order chi connectivity index (χ1) is 10.9. The predicted molar refractivity (Wildman–Crippen MR) is 92.6 cm³/mol. The maximum Gasteiger partial charge on any atom is 0.257 e. The molecule has 0 aliphatic heterocycles. The lowest BCUT2D eigenvalue weighted by Gasteiger charge is -2.17. The Labute approximate surface area is 135 Å². The van der Waals surface area contributed by atoms with E-state index in [0.29, 0.717) is 5.56 Å². The van der Waals surface area contributed by atoms with Gasteiger partial charge in [0.2, 0.25) is 0 Å². The van der Waals surface area contributed by atoms with Gasteiger partial charge in [-0.15, -0.1) is 0 Å². The van der Waals surface area contributed by atoms with Crippen molar-refractivity contribution in [1.29, 1.82) is 0 Å². The van der Waals surface area contributed by atoms with Gasteiger partial charge in [0, 0.05) is 46.2 Å². The minimum Gasteiger partial charge on any atom is -0.321 e. The van der Waals surface area contributed by atoms with E-state index < -0.39 is 0 Å². The number of pyridine rings is 2. The summed E-state index contributed by atoms with van der Waals surface area (Å²) in [6, 6.07) is 11.4. The Morgan fingerprint density at radius 3 is 2.57 bits per heavy atom. The number of amides is 1. The van der Waals surface area contributed by atoms with E-state index in [4.69, 9.17) is 0 Å². The molecule has 0 saturated carbocycles. The Balaban J connectivity index is 1.86. The minimum atomic E-state index is -0.165. The van der Waals surface area contributed by atoms with Crippen molar-refractivity contribution in [2.45, 2.75) is 26.2 Å². The SMILES string of the molecule is CC(C)(C)c1ccc(C(=O)Nc2cccc3cnccc23)cn1. The second-order valence-corrected chi connectivity index (χ2v) is 6.54. The number of nitrogens with one attached hydrogen (secondary N) is 1. The highest BCUT2D eigenvalue weighted by molar-refractivity contribution is 6.08. The Morgan fingerprint density at radius 1 is 1.04 bits per heavy atom. The second kappa shape index (κ2) is 5.80. The zero-order valence-electron chi connectivity index (χ0n) is 13.5. The molecule has 0 bridgehead atoms. The Bertz CT molecular complexity index is 843. The first kappa shape index (κ1) is 15.2. The van der Waals surface area contributed by atoms with Crippen LogP contribution in [0.1, 0.15) is 36.8 Å². The molecule has 4 nitrogen and oxygen atoms in total. The van der Waals surface area contributed by atoms with Crippen LogP contribution < -0.4 is 5.32 Å². The standard InChI is InChI=1S/C19H19N3O/c1-19(2,3)17-8-7-14(12-21-17)18(23)22-16-6-4-5-13-11-20-10-9-15(13)16/h4-12H,1-3H3,(H,22,23). The van der Waals surface area contributed by atoms with Gasteiger partial charge in [-0.2, -0.15) is 0 Å². The topological polar surface area (TPSA) is 54.9 Å². The number of hydrogen-bond donors (Lipinski definition) is 1. The van der Waals surface area contributed by atoms with Gasteiger partial charge in [0.1, 0.15) is 0 Å². The van der Waals surface area contributed by atoms with Crippen LogP contribution in [-0.4, -0.2) is 15.9 Å². The van der Waals surface area contributed by atoms with Crippen LogP contribution in [0.25, 0.3) is 10.8 Å². The number of carbonyl (C=O) groups is 1. The van der Waals surface area contributed by atoms with Crippen molar-refractivity contribution in [3.63, 3.8) is 0 Å². The average molecular weight is 305 g/mol. The summed E-state index contributed by atoms with van der Waals surface area (Å²) in [6.07, 6.45) is 5.13. The summed E-state index contributed by atoms with van der Waals surface area (Å²) in [5, 5.41) is 4.91. The Kier molecular flexibility index (Phi) is 3.82. The van der Waals surface area contributed by atoms with Gasteiger partial charge in [0.25, 0.3) is 5.91 Å². The molecular weight excluding hydrogens is 286 g/mol. The number of carbonyl (C=O) groups excluding carboxylic acids is 1. The molecule has 0 aliphatic carbocycles. The van der Waals surface area contributed by atoms with Crippen molar-refractivity contribution in [2.24, 2.45) is 0 Å². The van der Waals surface area contributed by atoms with Crippen molar-refractivity contribution in [3.8, 4) is 0 Å². The average Bonchev–Trinajstić information content (AvgIpc) is 2.54. The zero-order valence-corrected chi connectivity index (χ0v) is 13.5. The summed E-state index contributed by atoms with van der Waals surface area (Å²) in [5.74, 6) is -0.165. The fourth-order valence-electron chi connectivity index (χ4n) is 2.40. The van der Waals surface area contributed by atoms with Crippen LogP contribution in [0.4, 0.5) is 5.69 Å². The normalized spacial score (nSPS) is 11.4. The highest BCUT2D eigenvalue weighted by atomic mass is 16.1. The van der Waals surface area contributed by atoms with Crippen molar-refractivity contribution >= 4 is 22.4 Å². The molecule has 3 aromatic rings. The largest absolute Gasteiger partial charge is 0.321 e. The number of fused-ring (bicyclic) bond motifs is 1. The van der Waals surface area contributed by atoms with Crippen molar-refractivity contribution < 1.29 is 4.79 Å². The number of rotatable bonds is 2. The number of aromatic nitrogens is 2. The molecule has 1 N–H and O–H groups in total. The summed E-state index contributed by atoms with van der Waals surface area (Å²) in [7, 11) is 0. The first-order valence-corrected chi connectivity index (χ1v) is 7.56. The number of nitrogens with zero attached hydrogens (tertiary/aromatic N) is 2. The lowest BCUT2D eigenvalue weighted by Crippen LogP contribution is -2.16. The number of hydrogen-bond acceptors (Lipinski definition) is 3. The lowest BCUT2D eigenvalue weighted by atomic mass is 9.91. The molecule has 2 heterocycles. The minimum absolute atomic E-state index is 0.0301. The van der Waals surface area contributed by atoms with E-state index in [-0.39, 0.29) is 11.3 Å². The van der Waals surface area contributed by atoms with Crippen molar-refractivity contribution in [3.05, 3.63) is 66.2 Å². The van der Waals surface area contributed by atoms with E-state index >= 15 is 0 Å². The van der Waals surface area contributed by atoms with E-state index in [0.717, 1.165) is 22.2 Å². The van der Waals surface area contributed by atoms with Crippen molar-refractivity contribution in [1.82, 2.24) is 9.97 Å². The summed E-state index contributed by atoms with van der Waals surface area (Å²) in [6.45, 7) is 6.29. The molecule has 0 radical (unpaired) electrons. The van der Waals surface area contributed by atoms with Crippen LogP contribution in [0.2, 0.25) is 0 Å². The zero-order chi connectivity index (χ0) is 16.4. The number of anilines is 1. The fourth-order valence-corrected chi connectivity index (χ4v) is 2.40.